The van der Waals surface area contributed by atoms with E-state index in [0.717, 1.165) is 34.8 Å². The Kier molecular flexibility index (Phi) is 3.77. The van der Waals surface area contributed by atoms with E-state index in [2.05, 4.69) is 5.32 Å². The first kappa shape index (κ1) is 13.0. The van der Waals surface area contributed by atoms with Gasteiger partial charge in [0.15, 0.2) is 0 Å². The van der Waals surface area contributed by atoms with Crippen molar-refractivity contribution in [2.45, 2.75) is 23.9 Å². The summed E-state index contributed by atoms with van der Waals surface area (Å²) in [6.07, 6.45) is 1.02. The van der Waals surface area contributed by atoms with E-state index < -0.39 is 0 Å². The summed E-state index contributed by atoms with van der Waals surface area (Å²) in [5, 5.41) is 5.50. The molecule has 1 aliphatic rings. The van der Waals surface area contributed by atoms with Gasteiger partial charge in [-0.3, -0.25) is 0 Å². The van der Waals surface area contributed by atoms with Crippen LogP contribution in [-0.4, -0.2) is 5.75 Å². The monoisotopic (exact) mass is 294 g/mol. The Balaban J connectivity index is 1.76. The molecule has 1 atom stereocenters. The van der Waals surface area contributed by atoms with Crippen molar-refractivity contribution in [2.24, 2.45) is 0 Å². The number of hydrogen-bond donors (Lipinski definition) is 2. The molecule has 3 rings (SSSR count). The van der Waals surface area contributed by atoms with E-state index in [1.807, 2.05) is 17.5 Å². The number of benzene rings is 1. The highest BCUT2D eigenvalue weighted by molar-refractivity contribution is 7.99. The van der Waals surface area contributed by atoms with Crippen molar-refractivity contribution >= 4 is 28.8 Å². The first-order valence-corrected chi connectivity index (χ1v) is 8.08. The zero-order chi connectivity index (χ0) is 13.2. The van der Waals surface area contributed by atoms with Crippen LogP contribution in [-0.2, 0) is 6.54 Å². The normalized spacial score (nSPS) is 18.3. The number of anilines is 1. The third-order valence-electron chi connectivity index (χ3n) is 3.30. The second-order valence-electron chi connectivity index (χ2n) is 4.55. The van der Waals surface area contributed by atoms with Crippen molar-refractivity contribution in [1.82, 2.24) is 5.32 Å². The highest BCUT2D eigenvalue weighted by Gasteiger charge is 2.21. The summed E-state index contributed by atoms with van der Waals surface area (Å²) < 4.78 is 13.4. The Morgan fingerprint density at radius 3 is 3.05 bits per heavy atom. The molecule has 1 aliphatic heterocycles. The maximum absolute atomic E-state index is 13.4. The van der Waals surface area contributed by atoms with Crippen LogP contribution < -0.4 is 11.1 Å². The Morgan fingerprint density at radius 1 is 1.37 bits per heavy atom. The Morgan fingerprint density at radius 2 is 2.26 bits per heavy atom. The third kappa shape index (κ3) is 2.78. The Labute approximate surface area is 120 Å². The van der Waals surface area contributed by atoms with E-state index in [1.54, 1.807) is 29.2 Å². The average molecular weight is 294 g/mol. The van der Waals surface area contributed by atoms with Gasteiger partial charge in [0.1, 0.15) is 5.82 Å². The fourth-order valence-electron chi connectivity index (χ4n) is 2.29. The largest absolute Gasteiger partial charge is 0.398 e. The molecule has 19 heavy (non-hydrogen) atoms. The molecule has 0 fully saturated rings. The van der Waals surface area contributed by atoms with E-state index in [-0.39, 0.29) is 11.9 Å². The lowest BCUT2D eigenvalue weighted by molar-refractivity contribution is 0.507. The molecule has 2 heterocycles. The summed E-state index contributed by atoms with van der Waals surface area (Å²) in [7, 11) is 0. The fraction of sp³-hybridized carbons (Fsp3) is 0.286. The molecule has 0 radical (unpaired) electrons. The van der Waals surface area contributed by atoms with Crippen LogP contribution >= 0.6 is 23.1 Å². The average Bonchev–Trinajstić information content (AvgIpc) is 2.82. The van der Waals surface area contributed by atoms with Crippen LogP contribution in [0.15, 0.2) is 34.5 Å². The summed E-state index contributed by atoms with van der Waals surface area (Å²) in [6.45, 7) is 0.745. The minimum absolute atomic E-state index is 0.163. The van der Waals surface area contributed by atoms with Crippen molar-refractivity contribution in [3.8, 4) is 0 Å². The van der Waals surface area contributed by atoms with Crippen LogP contribution in [0.1, 0.15) is 22.9 Å². The highest BCUT2D eigenvalue weighted by atomic mass is 32.2. The molecule has 1 aromatic carbocycles. The maximum atomic E-state index is 13.4. The van der Waals surface area contributed by atoms with Crippen molar-refractivity contribution in [3.63, 3.8) is 0 Å². The minimum Gasteiger partial charge on any atom is -0.398 e. The summed E-state index contributed by atoms with van der Waals surface area (Å²) in [6, 6.07) is 7.20. The van der Waals surface area contributed by atoms with E-state index in [0.29, 0.717) is 0 Å². The van der Waals surface area contributed by atoms with Crippen molar-refractivity contribution < 1.29 is 4.39 Å². The van der Waals surface area contributed by atoms with E-state index in [9.17, 15) is 4.39 Å². The van der Waals surface area contributed by atoms with Gasteiger partial charge in [-0.1, -0.05) is 0 Å². The second kappa shape index (κ2) is 5.53. The zero-order valence-electron chi connectivity index (χ0n) is 10.4. The fourth-order valence-corrected chi connectivity index (χ4v) is 4.14. The molecule has 0 bridgehead atoms. The summed E-state index contributed by atoms with van der Waals surface area (Å²) in [4.78, 5) is 2.33. The molecular formula is C14H15FN2S2. The van der Waals surface area contributed by atoms with Gasteiger partial charge in [0.05, 0.1) is 0 Å². The molecule has 3 N–H and O–H groups in total. The Bertz CT molecular complexity index is 583. The summed E-state index contributed by atoms with van der Waals surface area (Å²) in [5.41, 5.74) is 7.79. The molecule has 1 aromatic heterocycles. The number of thiophene rings is 1. The molecule has 5 heteroatoms. The third-order valence-corrected chi connectivity index (χ3v) is 5.36. The summed E-state index contributed by atoms with van der Waals surface area (Å²) >= 11 is 3.45. The minimum atomic E-state index is -0.163. The lowest BCUT2D eigenvalue weighted by Crippen LogP contribution is -2.24. The van der Waals surface area contributed by atoms with Crippen LogP contribution in [0.25, 0.3) is 0 Å². The van der Waals surface area contributed by atoms with Gasteiger partial charge in [0, 0.05) is 28.0 Å². The molecule has 1 unspecified atom stereocenters. The molecule has 0 saturated heterocycles. The number of rotatable bonds is 3. The molecule has 2 aromatic rings. The van der Waals surface area contributed by atoms with Gasteiger partial charge in [-0.2, -0.15) is 0 Å². The topological polar surface area (TPSA) is 38.0 Å². The van der Waals surface area contributed by atoms with Crippen LogP contribution in [0.3, 0.4) is 0 Å². The van der Waals surface area contributed by atoms with Crippen LogP contribution in [0, 0.1) is 5.82 Å². The SMILES string of the molecule is Nc1ccsc1CNC1CCSc2ccc(F)cc21. The predicted octanol–water partition coefficient (Wildman–Crippen LogP) is 3.80. The van der Waals surface area contributed by atoms with Crippen LogP contribution in [0.5, 0.6) is 0 Å². The van der Waals surface area contributed by atoms with E-state index >= 15 is 0 Å². The number of nitrogen functional groups attached to an aromatic ring is 1. The zero-order valence-corrected chi connectivity index (χ0v) is 12.0. The number of hydrogen-bond acceptors (Lipinski definition) is 4. The second-order valence-corrected chi connectivity index (χ2v) is 6.69. The number of nitrogens with two attached hydrogens (primary N) is 1. The van der Waals surface area contributed by atoms with Gasteiger partial charge in [-0.05, 0) is 47.4 Å². The van der Waals surface area contributed by atoms with Gasteiger partial charge in [-0.15, -0.1) is 23.1 Å². The number of fused-ring (bicyclic) bond motifs is 1. The van der Waals surface area contributed by atoms with E-state index in [1.165, 1.54) is 11.0 Å². The predicted molar refractivity (Wildman–Crippen MR) is 80.1 cm³/mol. The lowest BCUT2D eigenvalue weighted by atomic mass is 10.0. The van der Waals surface area contributed by atoms with Crippen LogP contribution in [0.2, 0.25) is 0 Å². The smallest absolute Gasteiger partial charge is 0.123 e. The first-order chi connectivity index (χ1) is 9.24. The van der Waals surface area contributed by atoms with Gasteiger partial charge in [0.2, 0.25) is 0 Å². The number of halogens is 1. The molecular weight excluding hydrogens is 279 g/mol. The standard InChI is InChI=1S/C14H15FN2S2/c15-9-1-2-13-10(7-9)12(4-6-18-13)17-8-14-11(16)3-5-19-14/h1-3,5,7,12,17H,4,6,8,16H2. The van der Waals surface area contributed by atoms with Crippen molar-refractivity contribution in [1.29, 1.82) is 0 Å². The molecule has 100 valence electrons. The van der Waals surface area contributed by atoms with Gasteiger partial charge >= 0.3 is 0 Å². The number of nitrogens with one attached hydrogen (secondary N) is 1. The molecule has 0 spiro atoms. The maximum Gasteiger partial charge on any atom is 0.123 e. The molecule has 2 nitrogen and oxygen atoms in total. The van der Waals surface area contributed by atoms with Gasteiger partial charge in [-0.25, -0.2) is 4.39 Å². The summed E-state index contributed by atoms with van der Waals surface area (Å²) in [5.74, 6) is 0.902. The Hall–Kier alpha value is -1.04. The van der Waals surface area contributed by atoms with Gasteiger partial charge in [0.25, 0.3) is 0 Å². The van der Waals surface area contributed by atoms with Gasteiger partial charge < -0.3 is 11.1 Å². The quantitative estimate of drug-likeness (QED) is 0.904. The lowest BCUT2D eigenvalue weighted by Gasteiger charge is -2.26. The number of thioether (sulfide) groups is 1. The van der Waals surface area contributed by atoms with Crippen molar-refractivity contribution in [2.75, 3.05) is 11.5 Å². The van der Waals surface area contributed by atoms with Crippen LogP contribution in [0.4, 0.5) is 10.1 Å². The molecule has 0 saturated carbocycles. The van der Waals surface area contributed by atoms with E-state index in [4.69, 9.17) is 5.73 Å². The van der Waals surface area contributed by atoms with Crippen molar-refractivity contribution in [3.05, 3.63) is 45.9 Å². The highest BCUT2D eigenvalue weighted by Crippen LogP contribution is 2.36. The first-order valence-electron chi connectivity index (χ1n) is 6.21. The molecule has 0 amide bonds. The molecule has 0 aliphatic carbocycles.